The molecule has 1 aliphatic rings. The van der Waals surface area contributed by atoms with E-state index in [1.54, 1.807) is 32.4 Å². The Kier molecular flexibility index (Phi) is 5.62. The molecule has 118 valence electrons. The minimum absolute atomic E-state index is 0.272. The zero-order valence-corrected chi connectivity index (χ0v) is 13.9. The smallest absolute Gasteiger partial charge is 0.243 e. The average Bonchev–Trinajstić information content (AvgIpc) is 2.91. The fourth-order valence-electron chi connectivity index (χ4n) is 2.57. The molecule has 1 unspecified atom stereocenters. The SMILES string of the molecule is CNCc1cc(S(=O)(=O)N2CCC(COC)C2)ccc1Cl. The lowest BCUT2D eigenvalue weighted by Gasteiger charge is -2.17. The molecule has 0 spiro atoms. The van der Waals surface area contributed by atoms with Gasteiger partial charge in [0.2, 0.25) is 10.0 Å². The molecule has 7 heteroatoms. The quantitative estimate of drug-likeness (QED) is 0.861. The van der Waals surface area contributed by atoms with Crippen LogP contribution in [0.2, 0.25) is 5.02 Å². The Morgan fingerprint density at radius 3 is 2.90 bits per heavy atom. The van der Waals surface area contributed by atoms with Crippen LogP contribution in [0, 0.1) is 5.92 Å². The summed E-state index contributed by atoms with van der Waals surface area (Å²) in [5.41, 5.74) is 0.785. The Balaban J connectivity index is 2.22. The molecule has 1 saturated heterocycles. The van der Waals surface area contributed by atoms with E-state index in [0.29, 0.717) is 36.2 Å². The number of halogens is 1. The molecule has 0 bridgehead atoms. The molecule has 1 fully saturated rings. The lowest BCUT2D eigenvalue weighted by atomic mass is 10.1. The van der Waals surface area contributed by atoms with Gasteiger partial charge in [-0.05, 0) is 43.1 Å². The zero-order chi connectivity index (χ0) is 15.5. The van der Waals surface area contributed by atoms with E-state index in [0.717, 1.165) is 12.0 Å². The second-order valence-electron chi connectivity index (χ2n) is 5.26. The molecule has 2 rings (SSSR count). The van der Waals surface area contributed by atoms with Crippen molar-refractivity contribution in [2.75, 3.05) is 33.9 Å². The second-order valence-corrected chi connectivity index (χ2v) is 7.60. The van der Waals surface area contributed by atoms with Crippen LogP contribution in [0.4, 0.5) is 0 Å². The zero-order valence-electron chi connectivity index (χ0n) is 12.3. The summed E-state index contributed by atoms with van der Waals surface area (Å²) in [4.78, 5) is 0.301. The van der Waals surface area contributed by atoms with Gasteiger partial charge in [-0.2, -0.15) is 4.31 Å². The van der Waals surface area contributed by atoms with E-state index in [-0.39, 0.29) is 5.92 Å². The maximum atomic E-state index is 12.7. The molecule has 1 N–H and O–H groups in total. The molecule has 0 amide bonds. The Labute approximate surface area is 131 Å². The van der Waals surface area contributed by atoms with Crippen molar-refractivity contribution in [3.8, 4) is 0 Å². The third-order valence-electron chi connectivity index (χ3n) is 3.67. The standard InChI is InChI=1S/C14H21ClN2O3S/c1-16-8-12-7-13(3-4-14(12)15)21(18,19)17-6-5-11(9-17)10-20-2/h3-4,7,11,16H,5-6,8-10H2,1-2H3. The van der Waals surface area contributed by atoms with Crippen LogP contribution in [0.3, 0.4) is 0 Å². The molecule has 0 aromatic heterocycles. The van der Waals surface area contributed by atoms with Crippen LogP contribution in [0.15, 0.2) is 23.1 Å². The summed E-state index contributed by atoms with van der Waals surface area (Å²) in [6.07, 6.45) is 0.837. The maximum Gasteiger partial charge on any atom is 0.243 e. The fourth-order valence-corrected chi connectivity index (χ4v) is 4.34. The third-order valence-corrected chi connectivity index (χ3v) is 5.90. The van der Waals surface area contributed by atoms with E-state index in [2.05, 4.69) is 5.32 Å². The van der Waals surface area contributed by atoms with Gasteiger partial charge >= 0.3 is 0 Å². The highest BCUT2D eigenvalue weighted by molar-refractivity contribution is 7.89. The summed E-state index contributed by atoms with van der Waals surface area (Å²) in [6, 6.07) is 4.86. The van der Waals surface area contributed by atoms with Crippen LogP contribution in [-0.4, -0.2) is 46.6 Å². The van der Waals surface area contributed by atoms with Gasteiger partial charge in [0.1, 0.15) is 0 Å². The third kappa shape index (κ3) is 3.76. The summed E-state index contributed by atoms with van der Waals surface area (Å²) in [7, 11) is -0.0180. The number of hydrogen-bond acceptors (Lipinski definition) is 4. The maximum absolute atomic E-state index is 12.7. The summed E-state index contributed by atoms with van der Waals surface area (Å²) in [6.45, 7) is 2.19. The molecule has 1 heterocycles. The van der Waals surface area contributed by atoms with Crippen LogP contribution in [0.1, 0.15) is 12.0 Å². The van der Waals surface area contributed by atoms with E-state index in [1.807, 2.05) is 0 Å². The number of rotatable bonds is 6. The molecule has 0 saturated carbocycles. The van der Waals surface area contributed by atoms with Gasteiger partial charge < -0.3 is 10.1 Å². The topological polar surface area (TPSA) is 58.6 Å². The molecule has 5 nitrogen and oxygen atoms in total. The number of nitrogens with one attached hydrogen (secondary N) is 1. The Hall–Kier alpha value is -0.660. The van der Waals surface area contributed by atoms with Crippen molar-refractivity contribution in [3.63, 3.8) is 0 Å². The second kappa shape index (κ2) is 7.07. The fraction of sp³-hybridized carbons (Fsp3) is 0.571. The minimum atomic E-state index is -3.46. The van der Waals surface area contributed by atoms with Gasteiger partial charge in [-0.25, -0.2) is 8.42 Å². The van der Waals surface area contributed by atoms with Crippen LogP contribution >= 0.6 is 11.6 Å². The highest BCUT2D eigenvalue weighted by Crippen LogP contribution is 2.27. The molecule has 21 heavy (non-hydrogen) atoms. The van der Waals surface area contributed by atoms with Crippen LogP contribution in [0.25, 0.3) is 0 Å². The van der Waals surface area contributed by atoms with Crippen LogP contribution in [0.5, 0.6) is 0 Å². The van der Waals surface area contributed by atoms with Gasteiger partial charge in [0, 0.05) is 31.8 Å². The molecule has 1 aromatic rings. The van der Waals surface area contributed by atoms with Crippen LogP contribution < -0.4 is 5.32 Å². The largest absolute Gasteiger partial charge is 0.384 e. The monoisotopic (exact) mass is 332 g/mol. The summed E-state index contributed by atoms with van der Waals surface area (Å²) < 4.78 is 32.0. The number of benzene rings is 1. The molecular weight excluding hydrogens is 312 g/mol. The minimum Gasteiger partial charge on any atom is -0.384 e. The van der Waals surface area contributed by atoms with E-state index in [1.165, 1.54) is 4.31 Å². The molecule has 0 aliphatic carbocycles. The predicted octanol–water partition coefficient (Wildman–Crippen LogP) is 1.72. The van der Waals surface area contributed by atoms with Crippen molar-refractivity contribution in [3.05, 3.63) is 28.8 Å². The van der Waals surface area contributed by atoms with Crippen molar-refractivity contribution in [2.24, 2.45) is 5.92 Å². The van der Waals surface area contributed by atoms with Gasteiger partial charge in [-0.3, -0.25) is 0 Å². The van der Waals surface area contributed by atoms with Gasteiger partial charge in [-0.15, -0.1) is 0 Å². The first-order valence-electron chi connectivity index (χ1n) is 6.91. The van der Waals surface area contributed by atoms with E-state index in [9.17, 15) is 8.42 Å². The number of ether oxygens (including phenoxy) is 1. The Morgan fingerprint density at radius 1 is 1.48 bits per heavy atom. The van der Waals surface area contributed by atoms with Crippen molar-refractivity contribution in [1.82, 2.24) is 9.62 Å². The highest BCUT2D eigenvalue weighted by Gasteiger charge is 2.32. The van der Waals surface area contributed by atoms with Crippen molar-refractivity contribution in [1.29, 1.82) is 0 Å². The summed E-state index contributed by atoms with van der Waals surface area (Å²) in [5.74, 6) is 0.272. The van der Waals surface area contributed by atoms with Gasteiger partial charge in [0.25, 0.3) is 0 Å². The Bertz CT molecular complexity index is 592. The number of sulfonamides is 1. The van der Waals surface area contributed by atoms with E-state index >= 15 is 0 Å². The molecule has 1 atom stereocenters. The van der Waals surface area contributed by atoms with Crippen molar-refractivity contribution < 1.29 is 13.2 Å². The normalized spacial score (nSPS) is 20.0. The number of nitrogens with zero attached hydrogens (tertiary/aromatic N) is 1. The average molecular weight is 333 g/mol. The van der Waals surface area contributed by atoms with Crippen molar-refractivity contribution >= 4 is 21.6 Å². The van der Waals surface area contributed by atoms with Gasteiger partial charge in [0.15, 0.2) is 0 Å². The highest BCUT2D eigenvalue weighted by atomic mass is 35.5. The van der Waals surface area contributed by atoms with Gasteiger partial charge in [-0.1, -0.05) is 11.6 Å². The molecule has 1 aromatic carbocycles. The first-order chi connectivity index (χ1) is 9.98. The first kappa shape index (κ1) is 16.7. The van der Waals surface area contributed by atoms with Crippen LogP contribution in [-0.2, 0) is 21.3 Å². The van der Waals surface area contributed by atoms with Crippen molar-refractivity contribution in [2.45, 2.75) is 17.9 Å². The molecule has 1 aliphatic heterocycles. The predicted molar refractivity (Wildman–Crippen MR) is 83.0 cm³/mol. The van der Waals surface area contributed by atoms with E-state index < -0.39 is 10.0 Å². The lowest BCUT2D eigenvalue weighted by molar-refractivity contribution is 0.157. The number of methoxy groups -OCH3 is 1. The number of hydrogen-bond donors (Lipinski definition) is 1. The summed E-state index contributed by atoms with van der Waals surface area (Å²) >= 11 is 6.08. The summed E-state index contributed by atoms with van der Waals surface area (Å²) in [5, 5.41) is 3.56. The Morgan fingerprint density at radius 2 is 2.24 bits per heavy atom. The molecule has 0 radical (unpaired) electrons. The van der Waals surface area contributed by atoms with E-state index in [4.69, 9.17) is 16.3 Å². The lowest BCUT2D eigenvalue weighted by Crippen LogP contribution is -2.29. The van der Waals surface area contributed by atoms with Gasteiger partial charge in [0.05, 0.1) is 11.5 Å². The first-order valence-corrected chi connectivity index (χ1v) is 8.73. The molecular formula is C14H21ClN2O3S.